The minimum Gasteiger partial charge on any atom is -0.406 e. The van der Waals surface area contributed by atoms with Gasteiger partial charge in [0.1, 0.15) is 5.75 Å². The van der Waals surface area contributed by atoms with Gasteiger partial charge in [0, 0.05) is 17.5 Å². The standard InChI is InChI=1S/C23H18F3N3O2/c1-13-8-17(9-14(2)27-13)15-4-3-5-16(10-15)20-12-22(30)29-21-11-18(31-23(24,25)26)6-7-19(21)28-20/h3-11H,12H2,1-2H3,(H,29,30). The van der Waals surface area contributed by atoms with E-state index < -0.39 is 12.1 Å². The largest absolute Gasteiger partial charge is 0.573 e. The Bertz CT molecular complexity index is 1180. The van der Waals surface area contributed by atoms with Crippen LogP contribution in [0, 0.1) is 13.8 Å². The molecule has 5 nitrogen and oxygen atoms in total. The second kappa shape index (κ2) is 7.86. The highest BCUT2D eigenvalue weighted by atomic mass is 19.4. The van der Waals surface area contributed by atoms with Crippen molar-refractivity contribution in [1.82, 2.24) is 4.98 Å². The minimum atomic E-state index is -4.82. The van der Waals surface area contributed by atoms with Crippen molar-refractivity contribution in [2.24, 2.45) is 4.99 Å². The topological polar surface area (TPSA) is 63.6 Å². The second-order valence-electron chi connectivity index (χ2n) is 7.23. The molecular weight excluding hydrogens is 407 g/mol. The van der Waals surface area contributed by atoms with Crippen LogP contribution in [0.15, 0.2) is 59.6 Å². The lowest BCUT2D eigenvalue weighted by Crippen LogP contribution is -2.17. The number of carbonyl (C=O) groups is 1. The lowest BCUT2D eigenvalue weighted by atomic mass is 9.99. The molecule has 1 aliphatic rings. The predicted octanol–water partition coefficient (Wildman–Crippen LogP) is 5.73. The average molecular weight is 425 g/mol. The normalized spacial score (nSPS) is 13.7. The van der Waals surface area contributed by atoms with E-state index in [4.69, 9.17) is 0 Å². The van der Waals surface area contributed by atoms with Gasteiger partial charge in [0.2, 0.25) is 5.91 Å². The molecule has 8 heteroatoms. The second-order valence-corrected chi connectivity index (χ2v) is 7.23. The highest BCUT2D eigenvalue weighted by Gasteiger charge is 2.31. The molecule has 0 spiro atoms. The van der Waals surface area contributed by atoms with Crippen LogP contribution in [0.5, 0.6) is 5.75 Å². The van der Waals surface area contributed by atoms with E-state index in [0.29, 0.717) is 11.4 Å². The first-order valence-electron chi connectivity index (χ1n) is 9.49. The number of ether oxygens (including phenoxy) is 1. The molecule has 0 unspecified atom stereocenters. The quantitative estimate of drug-likeness (QED) is 0.583. The van der Waals surface area contributed by atoms with Crippen molar-refractivity contribution in [3.63, 3.8) is 0 Å². The van der Waals surface area contributed by atoms with Gasteiger partial charge in [-0.25, -0.2) is 0 Å². The summed E-state index contributed by atoms with van der Waals surface area (Å²) >= 11 is 0. The summed E-state index contributed by atoms with van der Waals surface area (Å²) in [6.45, 7) is 3.85. The number of hydrogen-bond donors (Lipinski definition) is 1. The molecule has 0 radical (unpaired) electrons. The third kappa shape index (κ3) is 4.91. The summed E-state index contributed by atoms with van der Waals surface area (Å²) in [5.74, 6) is -0.793. The van der Waals surface area contributed by atoms with Crippen molar-refractivity contribution in [1.29, 1.82) is 0 Å². The third-order valence-corrected chi connectivity index (χ3v) is 4.67. The molecule has 1 amide bonds. The molecule has 0 atom stereocenters. The van der Waals surface area contributed by atoms with Crippen molar-refractivity contribution in [2.45, 2.75) is 26.6 Å². The number of aliphatic imine (C=N–C) groups is 1. The van der Waals surface area contributed by atoms with E-state index in [-0.39, 0.29) is 18.0 Å². The molecule has 0 fully saturated rings. The number of amides is 1. The summed E-state index contributed by atoms with van der Waals surface area (Å²) in [4.78, 5) is 21.3. The Labute approximate surface area is 176 Å². The van der Waals surface area contributed by atoms with Crippen LogP contribution in [-0.2, 0) is 4.79 Å². The first-order valence-corrected chi connectivity index (χ1v) is 9.49. The highest BCUT2D eigenvalue weighted by Crippen LogP contribution is 2.35. The fourth-order valence-electron chi connectivity index (χ4n) is 3.49. The Morgan fingerprint density at radius 2 is 1.65 bits per heavy atom. The summed E-state index contributed by atoms with van der Waals surface area (Å²) in [6, 6.07) is 15.3. The molecule has 0 aliphatic carbocycles. The molecule has 1 N–H and O–H groups in total. The van der Waals surface area contributed by atoms with Crippen LogP contribution in [-0.4, -0.2) is 23.0 Å². The Hall–Kier alpha value is -3.68. The Morgan fingerprint density at radius 1 is 0.935 bits per heavy atom. The van der Waals surface area contributed by atoms with Gasteiger partial charge in [-0.05, 0) is 60.9 Å². The van der Waals surface area contributed by atoms with Gasteiger partial charge in [-0.1, -0.05) is 18.2 Å². The Balaban J connectivity index is 1.72. The number of benzene rings is 2. The summed E-state index contributed by atoms with van der Waals surface area (Å²) in [5, 5.41) is 2.60. The van der Waals surface area contributed by atoms with E-state index in [0.717, 1.165) is 34.1 Å². The zero-order chi connectivity index (χ0) is 22.2. The van der Waals surface area contributed by atoms with Crippen LogP contribution in [0.25, 0.3) is 11.1 Å². The van der Waals surface area contributed by atoms with E-state index in [1.54, 1.807) is 0 Å². The van der Waals surface area contributed by atoms with Crippen molar-refractivity contribution < 1.29 is 22.7 Å². The van der Waals surface area contributed by atoms with Crippen LogP contribution in [0.1, 0.15) is 23.4 Å². The molecule has 0 saturated heterocycles. The predicted molar refractivity (Wildman–Crippen MR) is 112 cm³/mol. The maximum atomic E-state index is 12.5. The number of carbonyl (C=O) groups excluding carboxylic acids is 1. The monoisotopic (exact) mass is 425 g/mol. The Morgan fingerprint density at radius 3 is 2.35 bits per heavy atom. The maximum Gasteiger partial charge on any atom is 0.573 e. The maximum absolute atomic E-state index is 12.5. The summed E-state index contributed by atoms with van der Waals surface area (Å²) in [7, 11) is 0. The van der Waals surface area contributed by atoms with Crippen molar-refractivity contribution in [3.05, 3.63) is 71.5 Å². The van der Waals surface area contributed by atoms with Crippen LogP contribution in [0.4, 0.5) is 24.5 Å². The molecule has 1 aliphatic heterocycles. The molecule has 2 heterocycles. The summed E-state index contributed by atoms with van der Waals surface area (Å²) < 4.78 is 41.4. The number of fused-ring (bicyclic) bond motifs is 1. The van der Waals surface area contributed by atoms with Crippen LogP contribution in [0.2, 0.25) is 0 Å². The number of pyridine rings is 1. The number of aryl methyl sites for hydroxylation is 2. The number of hydrogen-bond acceptors (Lipinski definition) is 4. The molecule has 0 saturated carbocycles. The highest BCUT2D eigenvalue weighted by molar-refractivity contribution is 6.17. The van der Waals surface area contributed by atoms with Crippen molar-refractivity contribution in [3.8, 4) is 16.9 Å². The molecule has 4 rings (SSSR count). The molecule has 31 heavy (non-hydrogen) atoms. The van der Waals surface area contributed by atoms with Gasteiger partial charge in [-0.2, -0.15) is 0 Å². The molecular formula is C23H18F3N3O2. The number of alkyl halides is 3. The van der Waals surface area contributed by atoms with E-state index in [9.17, 15) is 18.0 Å². The third-order valence-electron chi connectivity index (χ3n) is 4.67. The van der Waals surface area contributed by atoms with Gasteiger partial charge in [-0.3, -0.25) is 14.8 Å². The van der Waals surface area contributed by atoms with Crippen LogP contribution >= 0.6 is 0 Å². The van der Waals surface area contributed by atoms with E-state index in [1.165, 1.54) is 12.1 Å². The average Bonchev–Trinajstić information content (AvgIpc) is 2.84. The lowest BCUT2D eigenvalue weighted by molar-refractivity contribution is -0.274. The number of halogens is 3. The Kier molecular flexibility index (Phi) is 5.22. The molecule has 2 aromatic carbocycles. The van der Waals surface area contributed by atoms with E-state index >= 15 is 0 Å². The van der Waals surface area contributed by atoms with Crippen molar-refractivity contribution >= 4 is 23.0 Å². The summed E-state index contributed by atoms with van der Waals surface area (Å²) in [6.07, 6.45) is -4.83. The van der Waals surface area contributed by atoms with Crippen LogP contribution in [0.3, 0.4) is 0 Å². The van der Waals surface area contributed by atoms with Gasteiger partial charge in [-0.15, -0.1) is 13.2 Å². The first kappa shape index (κ1) is 20.6. The fraction of sp³-hybridized carbons (Fsp3) is 0.174. The molecule has 3 aromatic rings. The first-order chi connectivity index (χ1) is 14.7. The van der Waals surface area contributed by atoms with Crippen molar-refractivity contribution in [2.75, 3.05) is 5.32 Å². The van der Waals surface area contributed by atoms with Gasteiger partial charge >= 0.3 is 6.36 Å². The molecule has 158 valence electrons. The number of nitrogens with zero attached hydrogens (tertiary/aromatic N) is 2. The fourth-order valence-corrected chi connectivity index (χ4v) is 3.49. The number of rotatable bonds is 3. The SMILES string of the molecule is Cc1cc(-c2cccc(C3=Nc4ccc(OC(F)(F)F)cc4NC(=O)C3)c2)cc(C)n1. The molecule has 1 aromatic heterocycles. The van der Waals surface area contributed by atoms with Gasteiger partial charge in [0.05, 0.1) is 23.5 Å². The minimum absolute atomic E-state index is 0.0119. The zero-order valence-electron chi connectivity index (χ0n) is 16.7. The van der Waals surface area contributed by atoms with E-state index in [1.807, 2.05) is 50.2 Å². The van der Waals surface area contributed by atoms with E-state index in [2.05, 4.69) is 20.0 Å². The zero-order valence-corrected chi connectivity index (χ0v) is 16.7. The number of nitrogens with one attached hydrogen (secondary N) is 1. The van der Waals surface area contributed by atoms with Crippen LogP contribution < -0.4 is 10.1 Å². The van der Waals surface area contributed by atoms with Gasteiger partial charge in [0.15, 0.2) is 0 Å². The van der Waals surface area contributed by atoms with Gasteiger partial charge < -0.3 is 10.1 Å². The summed E-state index contributed by atoms with van der Waals surface area (Å²) in [5.41, 5.74) is 5.55. The number of aromatic nitrogens is 1. The van der Waals surface area contributed by atoms with Gasteiger partial charge in [0.25, 0.3) is 0 Å². The number of anilines is 1. The lowest BCUT2D eigenvalue weighted by Gasteiger charge is -2.11. The molecule has 0 bridgehead atoms. The smallest absolute Gasteiger partial charge is 0.406 e.